The zero-order valence-corrected chi connectivity index (χ0v) is 29.7. The highest BCUT2D eigenvalue weighted by Crippen LogP contribution is 2.88. The molecule has 7 fully saturated rings. The summed E-state index contributed by atoms with van der Waals surface area (Å²) in [5, 5.41) is 23.7. The molecule has 2 heterocycles. The van der Waals surface area contributed by atoms with Crippen molar-refractivity contribution in [3.8, 4) is 0 Å². The molecule has 7 aliphatic rings. The molecule has 0 aromatic carbocycles. The number of ether oxygens (including phenoxy) is 3. The number of carbonyl (C=O) groups is 1. The Kier molecular flexibility index (Phi) is 7.57. The Hall–Kier alpha value is -0.730. The van der Waals surface area contributed by atoms with Gasteiger partial charge in [-0.15, -0.1) is 0 Å². The molecule has 45 heavy (non-hydrogen) atoms. The Morgan fingerprint density at radius 1 is 1.04 bits per heavy atom. The third-order valence-corrected chi connectivity index (χ3v) is 16.2. The average molecular weight is 630 g/mol. The predicted molar refractivity (Wildman–Crippen MR) is 173 cm³/mol. The number of esters is 1. The van der Waals surface area contributed by atoms with Gasteiger partial charge in [-0.1, -0.05) is 41.0 Å². The van der Waals surface area contributed by atoms with Crippen LogP contribution in [0.3, 0.4) is 0 Å². The average Bonchev–Trinajstić information content (AvgIpc) is 3.57. The summed E-state index contributed by atoms with van der Waals surface area (Å²) >= 11 is 0. The molecular weight excluding hydrogens is 566 g/mol. The van der Waals surface area contributed by atoms with Gasteiger partial charge in [0.15, 0.2) is 0 Å². The minimum atomic E-state index is -1.02. The minimum Gasteiger partial charge on any atom is -0.461 e. The molecule has 2 spiro atoms. The van der Waals surface area contributed by atoms with Crippen LogP contribution in [0.4, 0.5) is 0 Å². The van der Waals surface area contributed by atoms with Crippen LogP contribution in [0.2, 0.25) is 0 Å². The number of hydrogen-bond acceptors (Lipinski definition) is 7. The maximum absolute atomic E-state index is 13.2. The number of fused-ring (bicyclic) bond motifs is 4. The van der Waals surface area contributed by atoms with Gasteiger partial charge in [-0.25, -0.2) is 0 Å². The SMILES string of the molecule is CCOC(C1CC(C)C2C(O1)C(O)C1(C)C3CCCC4C(C)(C)C(OC(=O)C5CCN5C)CCC45CC35CCC21C)C(C)(C)O. The number of likely N-dealkylation sites (tertiary alicyclic amines) is 1. The first-order valence-corrected chi connectivity index (χ1v) is 18.6. The number of likely N-dealkylation sites (N-methyl/N-ethyl adjacent to an activating group) is 1. The maximum Gasteiger partial charge on any atom is 0.323 e. The van der Waals surface area contributed by atoms with Gasteiger partial charge < -0.3 is 24.4 Å². The lowest BCUT2D eigenvalue weighted by molar-refractivity contribution is -0.215. The van der Waals surface area contributed by atoms with Crippen LogP contribution in [0.25, 0.3) is 0 Å². The minimum absolute atomic E-state index is 0.00606. The van der Waals surface area contributed by atoms with Crippen molar-refractivity contribution in [3.05, 3.63) is 0 Å². The van der Waals surface area contributed by atoms with Gasteiger partial charge in [0.2, 0.25) is 0 Å². The van der Waals surface area contributed by atoms with Crippen LogP contribution in [0.5, 0.6) is 0 Å². The predicted octanol–water partition coefficient (Wildman–Crippen LogP) is 5.98. The Morgan fingerprint density at radius 3 is 2.36 bits per heavy atom. The van der Waals surface area contributed by atoms with E-state index in [1.54, 1.807) is 0 Å². The van der Waals surface area contributed by atoms with Crippen molar-refractivity contribution in [3.63, 3.8) is 0 Å². The fourth-order valence-corrected chi connectivity index (χ4v) is 13.9. The lowest BCUT2D eigenvalue weighted by atomic mass is 9.45. The van der Waals surface area contributed by atoms with Gasteiger partial charge >= 0.3 is 5.97 Å². The fraction of sp³-hybridized carbons (Fsp3) is 0.974. The van der Waals surface area contributed by atoms with Crippen LogP contribution in [0.1, 0.15) is 120 Å². The van der Waals surface area contributed by atoms with Crippen molar-refractivity contribution in [1.29, 1.82) is 0 Å². The summed E-state index contributed by atoms with van der Waals surface area (Å²) in [6.45, 7) is 19.2. The van der Waals surface area contributed by atoms with Crippen LogP contribution in [-0.2, 0) is 19.0 Å². The first-order valence-electron chi connectivity index (χ1n) is 18.6. The smallest absolute Gasteiger partial charge is 0.323 e. The quantitative estimate of drug-likeness (QED) is 0.350. The molecule has 7 rings (SSSR count). The van der Waals surface area contributed by atoms with Gasteiger partial charge in [-0.05, 0) is 126 Å². The Balaban J connectivity index is 1.17. The zero-order valence-electron chi connectivity index (χ0n) is 29.7. The number of rotatable bonds is 6. The molecule has 2 N–H and O–H groups in total. The molecule has 0 aromatic heterocycles. The molecule has 0 radical (unpaired) electrons. The number of aliphatic hydroxyl groups excluding tert-OH is 1. The molecule has 2 aliphatic heterocycles. The standard InChI is InChI=1S/C38H63NO6/c1-10-43-31(34(5,6)42)24-20-22(2)28-29(44-24)30(40)36(8)26-13-11-12-25-33(3,4)27(45-32(41)23-15-19-39(23)9)14-16-37(25)21-38(26,37)18-17-35(28,36)7/h22-31,40,42H,10-21H2,1-9H3. The molecule has 256 valence electrons. The summed E-state index contributed by atoms with van der Waals surface area (Å²) in [6, 6.07) is -0.0673. The normalized spacial score (nSPS) is 52.6. The lowest BCUT2D eigenvalue weighted by Gasteiger charge is -2.60. The third kappa shape index (κ3) is 4.21. The van der Waals surface area contributed by atoms with E-state index in [4.69, 9.17) is 14.2 Å². The third-order valence-electron chi connectivity index (χ3n) is 16.2. The summed E-state index contributed by atoms with van der Waals surface area (Å²) < 4.78 is 19.4. The Bertz CT molecular complexity index is 1180. The molecule has 2 saturated heterocycles. The molecule has 7 heteroatoms. The summed E-state index contributed by atoms with van der Waals surface area (Å²) in [5.74, 6) is 1.64. The number of nitrogens with zero attached hydrogens (tertiary/aromatic N) is 1. The van der Waals surface area contributed by atoms with Gasteiger partial charge in [0.1, 0.15) is 18.2 Å². The van der Waals surface area contributed by atoms with E-state index < -0.39 is 17.8 Å². The van der Waals surface area contributed by atoms with E-state index in [-0.39, 0.29) is 57.4 Å². The highest BCUT2D eigenvalue weighted by Gasteiger charge is 2.84. The van der Waals surface area contributed by atoms with Gasteiger partial charge in [0.05, 0.1) is 23.9 Å². The second kappa shape index (κ2) is 10.4. The van der Waals surface area contributed by atoms with Gasteiger partial charge in [-0.2, -0.15) is 0 Å². The van der Waals surface area contributed by atoms with Crippen molar-refractivity contribution in [1.82, 2.24) is 4.90 Å². The van der Waals surface area contributed by atoms with E-state index in [1.165, 1.54) is 25.7 Å². The largest absolute Gasteiger partial charge is 0.461 e. The second-order valence-corrected chi connectivity index (χ2v) is 18.6. The molecule has 0 amide bonds. The van der Waals surface area contributed by atoms with Crippen molar-refractivity contribution in [2.75, 3.05) is 20.2 Å². The number of carbonyl (C=O) groups excluding carboxylic acids is 1. The van der Waals surface area contributed by atoms with E-state index in [2.05, 4.69) is 39.5 Å². The van der Waals surface area contributed by atoms with Crippen molar-refractivity contribution in [2.24, 2.45) is 50.7 Å². The van der Waals surface area contributed by atoms with Crippen LogP contribution < -0.4 is 0 Å². The summed E-state index contributed by atoms with van der Waals surface area (Å²) in [6.07, 6.45) is 9.58. The second-order valence-electron chi connectivity index (χ2n) is 18.6. The fourth-order valence-electron chi connectivity index (χ4n) is 13.9. The van der Waals surface area contributed by atoms with Crippen LogP contribution >= 0.6 is 0 Å². The molecule has 0 aromatic rings. The first kappa shape index (κ1) is 32.8. The van der Waals surface area contributed by atoms with Crippen LogP contribution in [-0.4, -0.2) is 83.4 Å². The molecule has 7 nitrogen and oxygen atoms in total. The van der Waals surface area contributed by atoms with E-state index >= 15 is 0 Å². The highest BCUT2D eigenvalue weighted by molar-refractivity contribution is 5.77. The van der Waals surface area contributed by atoms with E-state index in [0.29, 0.717) is 30.3 Å². The van der Waals surface area contributed by atoms with E-state index in [0.717, 1.165) is 45.1 Å². The van der Waals surface area contributed by atoms with Gasteiger partial charge in [-0.3, -0.25) is 9.69 Å². The summed E-state index contributed by atoms with van der Waals surface area (Å²) in [4.78, 5) is 15.3. The Labute approximate surface area is 272 Å². The Morgan fingerprint density at radius 2 is 1.73 bits per heavy atom. The molecular formula is C38H63NO6. The van der Waals surface area contributed by atoms with Crippen molar-refractivity contribution in [2.45, 2.75) is 162 Å². The monoisotopic (exact) mass is 629 g/mol. The van der Waals surface area contributed by atoms with E-state index in [9.17, 15) is 15.0 Å². The molecule has 0 bridgehead atoms. The summed E-state index contributed by atoms with van der Waals surface area (Å²) in [5.41, 5.74) is -0.794. The molecule has 14 atom stereocenters. The molecule has 5 saturated carbocycles. The topological polar surface area (TPSA) is 88.5 Å². The number of hydrogen-bond donors (Lipinski definition) is 2. The molecule has 5 aliphatic carbocycles. The van der Waals surface area contributed by atoms with Crippen LogP contribution in [0.15, 0.2) is 0 Å². The number of aliphatic hydroxyl groups is 2. The maximum atomic E-state index is 13.2. The molecule has 14 unspecified atom stereocenters. The lowest BCUT2D eigenvalue weighted by Crippen LogP contribution is -2.57. The van der Waals surface area contributed by atoms with Crippen molar-refractivity contribution >= 4 is 5.97 Å². The summed E-state index contributed by atoms with van der Waals surface area (Å²) in [7, 11) is 2.03. The van der Waals surface area contributed by atoms with E-state index in [1.807, 2.05) is 27.8 Å². The highest BCUT2D eigenvalue weighted by atomic mass is 16.6. The van der Waals surface area contributed by atoms with Gasteiger partial charge in [0.25, 0.3) is 0 Å². The van der Waals surface area contributed by atoms with Gasteiger partial charge in [0, 0.05) is 24.0 Å². The van der Waals surface area contributed by atoms with Crippen molar-refractivity contribution < 1.29 is 29.2 Å². The van der Waals surface area contributed by atoms with Crippen LogP contribution in [0, 0.1) is 50.7 Å². The first-order chi connectivity index (χ1) is 21.0. The zero-order chi connectivity index (χ0) is 32.5.